The van der Waals surface area contributed by atoms with Crippen LogP contribution in [0.4, 0.5) is 0 Å². The Balaban J connectivity index is 1.16. The highest BCUT2D eigenvalue weighted by Gasteiger charge is 2.42. The van der Waals surface area contributed by atoms with E-state index in [-0.39, 0.29) is 16.6 Å². The Morgan fingerprint density at radius 2 is 1.30 bits per heavy atom. The van der Waals surface area contributed by atoms with E-state index in [2.05, 4.69) is 159 Å². The summed E-state index contributed by atoms with van der Waals surface area (Å²) >= 11 is 2.04. The van der Waals surface area contributed by atoms with Crippen molar-refractivity contribution in [2.24, 2.45) is 0 Å². The first-order valence-corrected chi connectivity index (χ1v) is 19.9. The molecule has 53 heavy (non-hydrogen) atoms. The van der Waals surface area contributed by atoms with E-state index in [1.807, 2.05) is 11.8 Å². The van der Waals surface area contributed by atoms with E-state index in [0.717, 1.165) is 24.0 Å². The zero-order valence-corrected chi connectivity index (χ0v) is 30.6. The first-order valence-electron chi connectivity index (χ1n) is 19.0. The van der Waals surface area contributed by atoms with Crippen LogP contribution >= 0.6 is 11.8 Å². The summed E-state index contributed by atoms with van der Waals surface area (Å²) in [7, 11) is 0. The molecule has 0 saturated carbocycles. The van der Waals surface area contributed by atoms with Gasteiger partial charge < -0.3 is 4.42 Å². The van der Waals surface area contributed by atoms with Gasteiger partial charge in [-0.25, -0.2) is 0 Å². The van der Waals surface area contributed by atoms with Crippen molar-refractivity contribution in [3.8, 4) is 22.3 Å². The molecule has 2 heteroatoms. The largest absolute Gasteiger partial charge is 0.455 e. The maximum absolute atomic E-state index is 6.76. The second kappa shape index (κ2) is 10.7. The Hall–Kier alpha value is -5.57. The summed E-state index contributed by atoms with van der Waals surface area (Å²) in [4.78, 5) is 1.39. The van der Waals surface area contributed by atoms with Crippen molar-refractivity contribution < 1.29 is 4.42 Å². The molecule has 2 atom stereocenters. The van der Waals surface area contributed by atoms with E-state index in [1.165, 1.54) is 98.1 Å². The molecule has 3 aliphatic carbocycles. The van der Waals surface area contributed by atoms with Gasteiger partial charge in [0.05, 0.1) is 0 Å². The monoisotopic (exact) mass is 696 g/mol. The Labute approximate surface area is 313 Å². The highest BCUT2D eigenvalue weighted by molar-refractivity contribution is 8.00. The molecule has 2 heterocycles. The van der Waals surface area contributed by atoms with E-state index in [0.29, 0.717) is 0 Å². The fourth-order valence-electron chi connectivity index (χ4n) is 10.3. The fourth-order valence-corrected chi connectivity index (χ4v) is 11.8. The van der Waals surface area contributed by atoms with Gasteiger partial charge in [-0.15, -0.1) is 11.8 Å². The van der Waals surface area contributed by atoms with Crippen LogP contribution in [0.1, 0.15) is 66.0 Å². The summed E-state index contributed by atoms with van der Waals surface area (Å²) in [6.07, 6.45) is 9.66. The van der Waals surface area contributed by atoms with Crippen molar-refractivity contribution in [1.82, 2.24) is 0 Å². The van der Waals surface area contributed by atoms with Gasteiger partial charge in [0, 0.05) is 37.8 Å². The second-order valence-corrected chi connectivity index (χ2v) is 16.9. The van der Waals surface area contributed by atoms with Crippen LogP contribution in [-0.2, 0) is 5.41 Å². The van der Waals surface area contributed by atoms with Gasteiger partial charge in [0.25, 0.3) is 0 Å². The molecule has 0 fully saturated rings. The van der Waals surface area contributed by atoms with E-state index in [4.69, 9.17) is 4.42 Å². The minimum absolute atomic E-state index is 0.0161. The molecule has 2 unspecified atom stereocenters. The summed E-state index contributed by atoms with van der Waals surface area (Å²) in [5.41, 5.74) is 17.0. The standard InChI is InChI=1S/C51H36OS/c1-51(2)42-20-10-7-13-30(42)39-27-29(23-26-43(39)51)46-32-15-3-5-17-34(32)47(35-18-6-4-16-33(35)46)41-28-40-36(48-38-19-9-12-22-45(38)53-50(41)48)24-25-37-31-14-8-11-21-44(31)52-49(37)40/h3,5,7-28,48,50H,4,6H2,1-2H3. The molecule has 1 aliphatic heterocycles. The summed E-state index contributed by atoms with van der Waals surface area (Å²) in [6.45, 7) is 4.74. The van der Waals surface area contributed by atoms with E-state index in [9.17, 15) is 0 Å². The van der Waals surface area contributed by atoms with Crippen LogP contribution in [0.2, 0.25) is 0 Å². The molecule has 0 N–H and O–H groups in total. The van der Waals surface area contributed by atoms with Gasteiger partial charge in [-0.3, -0.25) is 0 Å². The second-order valence-electron chi connectivity index (χ2n) is 15.7. The molecule has 252 valence electrons. The van der Waals surface area contributed by atoms with Crippen molar-refractivity contribution in [3.63, 3.8) is 0 Å². The quantitative estimate of drug-likeness (QED) is 0.178. The molecule has 0 saturated heterocycles. The molecule has 1 nitrogen and oxygen atoms in total. The Kier molecular flexibility index (Phi) is 6.07. The van der Waals surface area contributed by atoms with Crippen molar-refractivity contribution in [2.75, 3.05) is 0 Å². The maximum Gasteiger partial charge on any atom is 0.142 e. The summed E-state index contributed by atoms with van der Waals surface area (Å²) in [5, 5.41) is 8.04. The van der Waals surface area contributed by atoms with Crippen LogP contribution in [0, 0.1) is 0 Å². The van der Waals surface area contributed by atoms with Crippen molar-refractivity contribution in [2.45, 2.75) is 48.2 Å². The number of benzene rings is 7. The van der Waals surface area contributed by atoms with Gasteiger partial charge in [0.2, 0.25) is 0 Å². The predicted octanol–water partition coefficient (Wildman–Crippen LogP) is 12.2. The van der Waals surface area contributed by atoms with Crippen LogP contribution in [0.15, 0.2) is 137 Å². The number of fused-ring (bicyclic) bond motifs is 14. The van der Waals surface area contributed by atoms with Gasteiger partial charge in [0.15, 0.2) is 0 Å². The Morgan fingerprint density at radius 3 is 2.17 bits per heavy atom. The average Bonchev–Trinajstić information content (AvgIpc) is 3.85. The minimum Gasteiger partial charge on any atom is -0.455 e. The van der Waals surface area contributed by atoms with E-state index < -0.39 is 0 Å². The first-order chi connectivity index (χ1) is 26.1. The number of para-hydroxylation sites is 1. The molecule has 0 amide bonds. The summed E-state index contributed by atoms with van der Waals surface area (Å²) in [6, 6.07) is 47.7. The lowest BCUT2D eigenvalue weighted by Gasteiger charge is -2.31. The van der Waals surface area contributed by atoms with Crippen LogP contribution in [0.5, 0.6) is 0 Å². The van der Waals surface area contributed by atoms with Gasteiger partial charge in [0.1, 0.15) is 11.2 Å². The lowest BCUT2D eigenvalue weighted by atomic mass is 9.75. The number of thioether (sulfide) groups is 1. The molecular weight excluding hydrogens is 661 g/mol. The van der Waals surface area contributed by atoms with E-state index in [1.54, 1.807) is 0 Å². The van der Waals surface area contributed by atoms with Gasteiger partial charge in [-0.05, 0) is 114 Å². The molecule has 7 aromatic carbocycles. The average molecular weight is 697 g/mol. The molecular formula is C51H36OS. The maximum atomic E-state index is 6.76. The third-order valence-electron chi connectivity index (χ3n) is 12.7. The van der Waals surface area contributed by atoms with Gasteiger partial charge in [-0.2, -0.15) is 0 Å². The van der Waals surface area contributed by atoms with Gasteiger partial charge >= 0.3 is 0 Å². The molecule has 12 rings (SSSR count). The SMILES string of the molecule is CC1(C)c2ccccc2-c2cc(-c3c4c(c(C5=Cc6c(ccc7c6oc6ccccc67)C6c7ccccc7SC56)c5ccccc35)=CCCC=4)ccc21. The Morgan fingerprint density at radius 1 is 0.604 bits per heavy atom. The van der Waals surface area contributed by atoms with Crippen LogP contribution in [-0.4, -0.2) is 5.25 Å². The lowest BCUT2D eigenvalue weighted by molar-refractivity contribution is 0.660. The van der Waals surface area contributed by atoms with Crippen LogP contribution in [0.3, 0.4) is 0 Å². The molecule has 4 aliphatic rings. The van der Waals surface area contributed by atoms with Crippen molar-refractivity contribution in [3.05, 3.63) is 171 Å². The third kappa shape index (κ3) is 4.00. The smallest absolute Gasteiger partial charge is 0.142 e. The van der Waals surface area contributed by atoms with Crippen LogP contribution < -0.4 is 10.4 Å². The molecule has 1 aromatic heterocycles. The summed E-state index contributed by atoms with van der Waals surface area (Å²) in [5.74, 6) is 0.241. The Bertz CT molecular complexity index is 3080. The highest BCUT2D eigenvalue weighted by Crippen LogP contribution is 2.58. The molecule has 0 radical (unpaired) electrons. The third-order valence-corrected chi connectivity index (χ3v) is 14.1. The number of hydrogen-bond donors (Lipinski definition) is 0. The van der Waals surface area contributed by atoms with E-state index >= 15 is 0 Å². The van der Waals surface area contributed by atoms with Crippen molar-refractivity contribution >= 4 is 68.3 Å². The number of rotatable bonds is 2. The lowest BCUT2D eigenvalue weighted by Crippen LogP contribution is -2.34. The highest BCUT2D eigenvalue weighted by atomic mass is 32.2. The zero-order chi connectivity index (χ0) is 35.0. The van der Waals surface area contributed by atoms with Gasteiger partial charge in [-0.1, -0.05) is 135 Å². The zero-order valence-electron chi connectivity index (χ0n) is 29.7. The van der Waals surface area contributed by atoms with Crippen LogP contribution in [0.25, 0.3) is 78.8 Å². The summed E-state index contributed by atoms with van der Waals surface area (Å²) < 4.78 is 6.76. The first kappa shape index (κ1) is 29.9. The molecule has 8 aromatic rings. The topological polar surface area (TPSA) is 13.1 Å². The minimum atomic E-state index is -0.0161. The fraction of sp³-hybridized carbons (Fsp3) is 0.137. The predicted molar refractivity (Wildman–Crippen MR) is 224 cm³/mol. The number of hydrogen-bond acceptors (Lipinski definition) is 2. The number of furan rings is 1. The molecule has 0 spiro atoms. The molecule has 0 bridgehead atoms. The normalized spacial score (nSPS) is 18.7. The van der Waals surface area contributed by atoms with Crippen molar-refractivity contribution in [1.29, 1.82) is 0 Å².